The topological polar surface area (TPSA) is 40.6 Å². The third-order valence-electron chi connectivity index (χ3n) is 6.48. The van der Waals surface area contributed by atoms with Crippen LogP contribution in [0.2, 0.25) is 0 Å². The molecule has 7 heteroatoms. The first-order chi connectivity index (χ1) is 13.3. The Bertz CT molecular complexity index is 725. The number of hydrogen-bond donors (Lipinski definition) is 0. The van der Waals surface area contributed by atoms with Gasteiger partial charge >= 0.3 is 0 Å². The lowest BCUT2D eigenvalue weighted by molar-refractivity contribution is -0.116. The van der Waals surface area contributed by atoms with E-state index in [0.717, 1.165) is 37.7 Å². The van der Waals surface area contributed by atoms with E-state index in [1.165, 1.54) is 10.6 Å². The highest BCUT2D eigenvalue weighted by atomic mass is 32.2. The fourth-order valence-corrected chi connectivity index (χ4v) is 6.56. The largest absolute Gasteiger partial charge is 0.228 e. The highest BCUT2D eigenvalue weighted by Crippen LogP contribution is 2.45. The number of benzene rings is 1. The van der Waals surface area contributed by atoms with Gasteiger partial charge in [-0.2, -0.15) is 4.31 Å². The van der Waals surface area contributed by atoms with Gasteiger partial charge in [0.1, 0.15) is 0 Å². The fourth-order valence-electron chi connectivity index (χ4n) is 5.14. The molecule has 0 N–H and O–H groups in total. The molecule has 1 unspecified atom stereocenters. The van der Waals surface area contributed by atoms with Crippen molar-refractivity contribution in [1.82, 2.24) is 9.43 Å². The lowest BCUT2D eigenvalue weighted by Gasteiger charge is -2.46. The first kappa shape index (κ1) is 21.7. The van der Waals surface area contributed by atoms with Crippen LogP contribution >= 0.6 is 0 Å². The van der Waals surface area contributed by atoms with Crippen LogP contribution in [0, 0.1) is 5.92 Å². The SMILES string of the molecule is CS(=O)(=O)N1CCC[C@@]1(CN(F)C(F)CCc1ccccc1)C1CCCCC1. The Morgan fingerprint density at radius 3 is 2.50 bits per heavy atom. The van der Waals surface area contributed by atoms with Gasteiger partial charge in [-0.3, -0.25) is 0 Å². The minimum Gasteiger partial charge on any atom is -0.228 e. The summed E-state index contributed by atoms with van der Waals surface area (Å²) in [5, 5.41) is 0.265. The van der Waals surface area contributed by atoms with Crippen LogP contribution < -0.4 is 0 Å². The van der Waals surface area contributed by atoms with Crippen molar-refractivity contribution in [3.05, 3.63) is 35.9 Å². The average Bonchev–Trinajstić information content (AvgIpc) is 3.13. The summed E-state index contributed by atoms with van der Waals surface area (Å²) < 4.78 is 56.0. The summed E-state index contributed by atoms with van der Waals surface area (Å²) >= 11 is 0. The molecule has 1 aliphatic carbocycles. The van der Waals surface area contributed by atoms with Crippen LogP contribution in [0.5, 0.6) is 0 Å². The van der Waals surface area contributed by atoms with Crippen LogP contribution in [0.25, 0.3) is 0 Å². The van der Waals surface area contributed by atoms with Gasteiger partial charge in [0.15, 0.2) is 6.30 Å². The molecule has 1 aromatic carbocycles. The number of alkyl halides is 1. The Hall–Kier alpha value is -1.05. The van der Waals surface area contributed by atoms with Gasteiger partial charge in [-0.15, -0.1) is 9.60 Å². The van der Waals surface area contributed by atoms with Gasteiger partial charge in [-0.05, 0) is 50.0 Å². The third-order valence-corrected chi connectivity index (χ3v) is 7.82. The second-order valence-electron chi connectivity index (χ2n) is 8.39. The lowest BCUT2D eigenvalue weighted by Crippen LogP contribution is -2.58. The second-order valence-corrected chi connectivity index (χ2v) is 10.3. The van der Waals surface area contributed by atoms with Gasteiger partial charge in [0, 0.05) is 6.54 Å². The normalized spacial score (nSPS) is 26.0. The second kappa shape index (κ2) is 9.18. The summed E-state index contributed by atoms with van der Waals surface area (Å²) in [7, 11) is -3.47. The predicted molar refractivity (Wildman–Crippen MR) is 108 cm³/mol. The maximum atomic E-state index is 14.9. The van der Waals surface area contributed by atoms with Crippen LogP contribution in [-0.4, -0.2) is 49.0 Å². The highest BCUT2D eigenvalue weighted by Gasteiger charge is 2.52. The first-order valence-corrected chi connectivity index (χ1v) is 12.3. The summed E-state index contributed by atoms with van der Waals surface area (Å²) in [4.78, 5) is 0. The van der Waals surface area contributed by atoms with E-state index in [-0.39, 0.29) is 24.0 Å². The Morgan fingerprint density at radius 1 is 1.18 bits per heavy atom. The molecule has 1 aliphatic heterocycles. The average molecular weight is 415 g/mol. The van der Waals surface area contributed by atoms with Crippen LogP contribution in [-0.2, 0) is 16.4 Å². The molecule has 4 nitrogen and oxygen atoms in total. The molecule has 2 fully saturated rings. The Balaban J connectivity index is 1.73. The molecule has 1 saturated carbocycles. The number of nitrogens with zero attached hydrogens (tertiary/aromatic N) is 2. The summed E-state index contributed by atoms with van der Waals surface area (Å²) in [5.41, 5.74) is 0.152. The van der Waals surface area contributed by atoms with Crippen LogP contribution in [0.15, 0.2) is 30.3 Å². The monoisotopic (exact) mass is 414 g/mol. The number of sulfonamides is 1. The lowest BCUT2D eigenvalue weighted by atomic mass is 9.73. The molecule has 0 amide bonds. The summed E-state index contributed by atoms with van der Waals surface area (Å²) in [6.07, 6.45) is 6.26. The number of rotatable bonds is 8. The van der Waals surface area contributed by atoms with E-state index >= 15 is 0 Å². The van der Waals surface area contributed by atoms with Gasteiger partial charge in [0.05, 0.1) is 18.3 Å². The van der Waals surface area contributed by atoms with E-state index in [2.05, 4.69) is 0 Å². The van der Waals surface area contributed by atoms with Gasteiger partial charge < -0.3 is 0 Å². The van der Waals surface area contributed by atoms with E-state index in [9.17, 15) is 17.3 Å². The molecule has 0 bridgehead atoms. The van der Waals surface area contributed by atoms with Crippen molar-refractivity contribution >= 4 is 10.0 Å². The van der Waals surface area contributed by atoms with E-state index in [4.69, 9.17) is 0 Å². The highest BCUT2D eigenvalue weighted by molar-refractivity contribution is 7.88. The van der Waals surface area contributed by atoms with Crippen molar-refractivity contribution in [2.75, 3.05) is 19.3 Å². The van der Waals surface area contributed by atoms with Crippen molar-refractivity contribution in [2.24, 2.45) is 5.92 Å². The van der Waals surface area contributed by atoms with E-state index in [1.807, 2.05) is 30.3 Å². The van der Waals surface area contributed by atoms with Crippen molar-refractivity contribution in [1.29, 1.82) is 0 Å². The van der Waals surface area contributed by atoms with Crippen LogP contribution in [0.4, 0.5) is 8.87 Å². The standard InChI is InChI=1S/C21H32F2N2O2S/c1-28(26,27)25-16-8-15-21(25,19-11-6-3-7-12-19)17-24(23)20(22)14-13-18-9-4-2-5-10-18/h2,4-5,9-10,19-20H,3,6-8,11-17H2,1H3/t20?,21-/m1/s1. The molecule has 28 heavy (non-hydrogen) atoms. The zero-order valence-electron chi connectivity index (χ0n) is 16.7. The van der Waals surface area contributed by atoms with Crippen molar-refractivity contribution in [2.45, 2.75) is 69.6 Å². The molecule has 2 aliphatic rings. The van der Waals surface area contributed by atoms with E-state index < -0.39 is 21.9 Å². The Morgan fingerprint density at radius 2 is 1.86 bits per heavy atom. The summed E-state index contributed by atoms with van der Waals surface area (Å²) in [5.74, 6) is 0.0954. The Labute approximate surface area is 167 Å². The molecule has 0 radical (unpaired) electrons. The van der Waals surface area contributed by atoms with Gasteiger partial charge in [-0.25, -0.2) is 12.8 Å². The first-order valence-electron chi connectivity index (χ1n) is 10.4. The third kappa shape index (κ3) is 4.92. The molecule has 3 rings (SSSR count). The molecule has 2 atom stereocenters. The molecule has 1 aromatic rings. The smallest absolute Gasteiger partial charge is 0.211 e. The van der Waals surface area contributed by atoms with E-state index in [0.29, 0.717) is 25.8 Å². The van der Waals surface area contributed by atoms with Gasteiger partial charge in [0.25, 0.3) is 0 Å². The minimum atomic E-state index is -3.47. The fraction of sp³-hybridized carbons (Fsp3) is 0.714. The molecule has 0 aromatic heterocycles. The molecule has 1 heterocycles. The zero-order valence-corrected chi connectivity index (χ0v) is 17.5. The van der Waals surface area contributed by atoms with Gasteiger partial charge in [0.2, 0.25) is 10.0 Å². The quantitative estimate of drug-likeness (QED) is 0.465. The molecule has 1 saturated heterocycles. The maximum Gasteiger partial charge on any atom is 0.211 e. The van der Waals surface area contributed by atoms with Gasteiger partial charge in [-0.1, -0.05) is 49.6 Å². The summed E-state index contributed by atoms with van der Waals surface area (Å²) in [6.45, 7) is 0.227. The molecular formula is C21H32F2N2O2S. The number of aryl methyl sites for hydroxylation is 1. The zero-order chi connectivity index (χ0) is 20.2. The molecular weight excluding hydrogens is 382 g/mol. The van der Waals surface area contributed by atoms with Crippen LogP contribution in [0.1, 0.15) is 56.9 Å². The van der Waals surface area contributed by atoms with E-state index in [1.54, 1.807) is 0 Å². The predicted octanol–water partition coefficient (Wildman–Crippen LogP) is 4.48. The maximum absolute atomic E-state index is 14.9. The molecule has 0 spiro atoms. The minimum absolute atomic E-state index is 0.0557. The van der Waals surface area contributed by atoms with Crippen molar-refractivity contribution < 1.29 is 17.3 Å². The molecule has 158 valence electrons. The van der Waals surface area contributed by atoms with Crippen molar-refractivity contribution in [3.63, 3.8) is 0 Å². The number of hydrogen-bond acceptors (Lipinski definition) is 3. The number of halogens is 2. The Kier molecular flexibility index (Phi) is 7.10. The van der Waals surface area contributed by atoms with Crippen LogP contribution in [0.3, 0.4) is 0 Å². The van der Waals surface area contributed by atoms with Crippen molar-refractivity contribution in [3.8, 4) is 0 Å². The summed E-state index contributed by atoms with van der Waals surface area (Å²) in [6, 6.07) is 9.47.